The topological polar surface area (TPSA) is 48.2 Å². The number of aryl methyl sites for hydroxylation is 3. The summed E-state index contributed by atoms with van der Waals surface area (Å²) < 4.78 is 11.2. The van der Waals surface area contributed by atoms with Crippen LogP contribution in [-0.2, 0) is 5.75 Å². The zero-order chi connectivity index (χ0) is 17.1. The van der Waals surface area contributed by atoms with Gasteiger partial charge in [0.1, 0.15) is 5.75 Å². The first-order chi connectivity index (χ1) is 11.6. The fourth-order valence-corrected chi connectivity index (χ4v) is 3.16. The van der Waals surface area contributed by atoms with Crippen molar-refractivity contribution in [2.24, 2.45) is 0 Å². The molecule has 1 heterocycles. The highest BCUT2D eigenvalue weighted by atomic mass is 32.2. The summed E-state index contributed by atoms with van der Waals surface area (Å²) in [4.78, 5) is 0. The average molecular weight is 340 g/mol. The van der Waals surface area contributed by atoms with Crippen LogP contribution in [0.1, 0.15) is 22.3 Å². The number of rotatable bonds is 5. The van der Waals surface area contributed by atoms with E-state index in [0.29, 0.717) is 11.1 Å². The van der Waals surface area contributed by atoms with Crippen molar-refractivity contribution < 1.29 is 9.15 Å². The number of benzene rings is 2. The predicted molar refractivity (Wildman–Crippen MR) is 96.5 cm³/mol. The minimum Gasteiger partial charge on any atom is -0.496 e. The predicted octanol–water partition coefficient (Wildman–Crippen LogP) is 4.96. The van der Waals surface area contributed by atoms with Crippen LogP contribution in [0.4, 0.5) is 0 Å². The molecule has 0 aliphatic carbocycles. The fourth-order valence-electron chi connectivity index (χ4n) is 2.42. The first-order valence-corrected chi connectivity index (χ1v) is 8.73. The Bertz CT molecular complexity index is 858. The Morgan fingerprint density at radius 1 is 1.00 bits per heavy atom. The molecule has 4 nitrogen and oxygen atoms in total. The smallest absolute Gasteiger partial charge is 0.277 e. The maximum absolute atomic E-state index is 5.79. The van der Waals surface area contributed by atoms with E-state index in [1.165, 1.54) is 28.5 Å². The normalized spacial score (nSPS) is 10.8. The molecule has 0 atom stereocenters. The summed E-state index contributed by atoms with van der Waals surface area (Å²) in [6.07, 6.45) is 0. The molecule has 3 aromatic rings. The zero-order valence-corrected chi connectivity index (χ0v) is 15.1. The second kappa shape index (κ2) is 7.09. The van der Waals surface area contributed by atoms with Crippen LogP contribution in [0.25, 0.3) is 11.5 Å². The lowest BCUT2D eigenvalue weighted by Crippen LogP contribution is -1.91. The quantitative estimate of drug-likeness (QED) is 0.614. The van der Waals surface area contributed by atoms with Crippen molar-refractivity contribution in [1.82, 2.24) is 10.2 Å². The molecular formula is C19H20N2O2S. The van der Waals surface area contributed by atoms with Gasteiger partial charge in [0.15, 0.2) is 0 Å². The van der Waals surface area contributed by atoms with E-state index in [0.717, 1.165) is 22.6 Å². The first kappa shape index (κ1) is 16.6. The van der Waals surface area contributed by atoms with Gasteiger partial charge in [-0.2, -0.15) is 0 Å². The van der Waals surface area contributed by atoms with Gasteiger partial charge in [-0.1, -0.05) is 35.5 Å². The second-order valence-electron chi connectivity index (χ2n) is 5.78. The fraction of sp³-hybridized carbons (Fsp3) is 0.263. The van der Waals surface area contributed by atoms with Crippen LogP contribution in [0.15, 0.2) is 46.0 Å². The van der Waals surface area contributed by atoms with Crippen molar-refractivity contribution in [2.45, 2.75) is 31.7 Å². The van der Waals surface area contributed by atoms with Crippen LogP contribution in [0.2, 0.25) is 0 Å². The lowest BCUT2D eigenvalue weighted by molar-refractivity contribution is 0.411. The lowest BCUT2D eigenvalue weighted by atomic mass is 10.1. The van der Waals surface area contributed by atoms with Gasteiger partial charge in [-0.05, 0) is 50.1 Å². The van der Waals surface area contributed by atoms with Crippen LogP contribution in [0, 0.1) is 20.8 Å². The van der Waals surface area contributed by atoms with Crippen molar-refractivity contribution in [3.8, 4) is 17.2 Å². The van der Waals surface area contributed by atoms with E-state index in [4.69, 9.17) is 9.15 Å². The molecule has 0 fully saturated rings. The monoisotopic (exact) mass is 340 g/mol. The number of thioether (sulfide) groups is 1. The number of hydrogen-bond donors (Lipinski definition) is 0. The summed E-state index contributed by atoms with van der Waals surface area (Å²) in [6, 6.07) is 12.3. The average Bonchev–Trinajstić information content (AvgIpc) is 3.04. The van der Waals surface area contributed by atoms with Gasteiger partial charge >= 0.3 is 0 Å². The highest BCUT2D eigenvalue weighted by molar-refractivity contribution is 7.98. The molecule has 0 spiro atoms. The number of aromatic nitrogens is 2. The van der Waals surface area contributed by atoms with Crippen molar-refractivity contribution >= 4 is 11.8 Å². The molecule has 0 aliphatic rings. The number of nitrogens with zero attached hydrogens (tertiary/aromatic N) is 2. The van der Waals surface area contributed by atoms with E-state index in [-0.39, 0.29) is 0 Å². The molecule has 0 amide bonds. The van der Waals surface area contributed by atoms with Crippen LogP contribution in [0.3, 0.4) is 0 Å². The number of methoxy groups -OCH3 is 1. The Balaban J connectivity index is 1.75. The van der Waals surface area contributed by atoms with E-state index < -0.39 is 0 Å². The maximum Gasteiger partial charge on any atom is 0.277 e. The van der Waals surface area contributed by atoms with Crippen LogP contribution < -0.4 is 4.74 Å². The summed E-state index contributed by atoms with van der Waals surface area (Å²) in [6.45, 7) is 6.23. The molecule has 0 radical (unpaired) electrons. The standard InChI is InChI=1S/C19H20N2O2S/c1-12-5-8-17(22-4)16(9-12)11-24-19-21-20-18(23-19)15-7-6-13(2)14(3)10-15/h5-10H,11H2,1-4H3. The van der Waals surface area contributed by atoms with Crippen LogP contribution in [0.5, 0.6) is 5.75 Å². The van der Waals surface area contributed by atoms with Gasteiger partial charge in [0.25, 0.3) is 5.22 Å². The van der Waals surface area contributed by atoms with E-state index in [1.54, 1.807) is 7.11 Å². The second-order valence-corrected chi connectivity index (χ2v) is 6.70. The Hall–Kier alpha value is -2.27. The molecule has 0 unspecified atom stereocenters. The van der Waals surface area contributed by atoms with Gasteiger partial charge < -0.3 is 9.15 Å². The summed E-state index contributed by atoms with van der Waals surface area (Å²) >= 11 is 1.51. The third-order valence-electron chi connectivity index (χ3n) is 3.95. The molecule has 0 bridgehead atoms. The van der Waals surface area contributed by atoms with Crippen molar-refractivity contribution in [3.05, 3.63) is 58.7 Å². The Morgan fingerprint density at radius 3 is 2.58 bits per heavy atom. The van der Waals surface area contributed by atoms with Gasteiger partial charge in [-0.3, -0.25) is 0 Å². The van der Waals surface area contributed by atoms with E-state index in [1.807, 2.05) is 18.2 Å². The highest BCUT2D eigenvalue weighted by Gasteiger charge is 2.11. The third-order valence-corrected chi connectivity index (χ3v) is 4.81. The maximum atomic E-state index is 5.79. The first-order valence-electron chi connectivity index (χ1n) is 7.74. The van der Waals surface area contributed by atoms with Crippen LogP contribution >= 0.6 is 11.8 Å². The molecule has 0 saturated heterocycles. The molecule has 124 valence electrons. The largest absolute Gasteiger partial charge is 0.496 e. The highest BCUT2D eigenvalue weighted by Crippen LogP contribution is 2.30. The minimum absolute atomic E-state index is 0.553. The van der Waals surface area contributed by atoms with Crippen molar-refractivity contribution in [3.63, 3.8) is 0 Å². The SMILES string of the molecule is COc1ccc(C)cc1CSc1nnc(-c2ccc(C)c(C)c2)o1. The molecular weight excluding hydrogens is 320 g/mol. The number of ether oxygens (including phenoxy) is 1. The minimum atomic E-state index is 0.553. The number of hydrogen-bond acceptors (Lipinski definition) is 5. The summed E-state index contributed by atoms with van der Waals surface area (Å²) in [7, 11) is 1.68. The van der Waals surface area contributed by atoms with Gasteiger partial charge in [-0.25, -0.2) is 0 Å². The molecule has 0 N–H and O–H groups in total. The molecule has 24 heavy (non-hydrogen) atoms. The Morgan fingerprint density at radius 2 is 1.83 bits per heavy atom. The molecule has 0 aliphatic heterocycles. The Labute approximate surface area is 146 Å². The zero-order valence-electron chi connectivity index (χ0n) is 14.3. The van der Waals surface area contributed by atoms with E-state index in [9.17, 15) is 0 Å². The Kier molecular flexibility index (Phi) is 4.90. The molecule has 2 aromatic carbocycles. The van der Waals surface area contributed by atoms with Crippen molar-refractivity contribution in [2.75, 3.05) is 7.11 Å². The van der Waals surface area contributed by atoms with Gasteiger partial charge in [0, 0.05) is 16.9 Å². The lowest BCUT2D eigenvalue weighted by Gasteiger charge is -2.07. The molecule has 1 aromatic heterocycles. The van der Waals surface area contributed by atoms with Gasteiger partial charge in [-0.15, -0.1) is 10.2 Å². The van der Waals surface area contributed by atoms with E-state index >= 15 is 0 Å². The van der Waals surface area contributed by atoms with E-state index in [2.05, 4.69) is 49.2 Å². The molecule has 0 saturated carbocycles. The molecule has 5 heteroatoms. The molecule has 3 rings (SSSR count). The third kappa shape index (κ3) is 3.62. The van der Waals surface area contributed by atoms with Gasteiger partial charge in [0.05, 0.1) is 7.11 Å². The summed E-state index contributed by atoms with van der Waals surface area (Å²) in [5.74, 6) is 2.15. The summed E-state index contributed by atoms with van der Waals surface area (Å²) in [5, 5.41) is 8.87. The van der Waals surface area contributed by atoms with Crippen molar-refractivity contribution in [1.29, 1.82) is 0 Å². The van der Waals surface area contributed by atoms with Crippen LogP contribution in [-0.4, -0.2) is 17.3 Å². The van der Waals surface area contributed by atoms with Gasteiger partial charge in [0.2, 0.25) is 5.89 Å². The summed E-state index contributed by atoms with van der Waals surface area (Å²) in [5.41, 5.74) is 5.73.